The molecule has 1 heterocycles. The van der Waals surface area contributed by atoms with Crippen LogP contribution in [0.1, 0.15) is 18.4 Å². The molecule has 0 saturated carbocycles. The van der Waals surface area contributed by atoms with Gasteiger partial charge in [-0.2, -0.15) is 0 Å². The number of amides is 1. The zero-order valence-electron chi connectivity index (χ0n) is 10.8. The molecule has 0 aromatic heterocycles. The highest BCUT2D eigenvalue weighted by Crippen LogP contribution is 2.19. The van der Waals surface area contributed by atoms with Gasteiger partial charge in [-0.05, 0) is 30.5 Å². The highest BCUT2D eigenvalue weighted by Gasteiger charge is 2.35. The van der Waals surface area contributed by atoms with Gasteiger partial charge in [0, 0.05) is 19.8 Å². The lowest BCUT2D eigenvalue weighted by Crippen LogP contribution is -2.56. The van der Waals surface area contributed by atoms with Gasteiger partial charge >= 0.3 is 0 Å². The lowest BCUT2D eigenvalue weighted by molar-refractivity contribution is -0.129. The van der Waals surface area contributed by atoms with Crippen LogP contribution in [0.2, 0.25) is 5.02 Å². The van der Waals surface area contributed by atoms with Crippen LogP contribution in [0, 0.1) is 5.82 Å². The molecule has 4 nitrogen and oxygen atoms in total. The monoisotopic (exact) mass is 322 g/mol. The maximum atomic E-state index is 13.0. The highest BCUT2D eigenvalue weighted by molar-refractivity contribution is 6.30. The highest BCUT2D eigenvalue weighted by atomic mass is 35.5. The molecule has 1 amide bonds. The predicted molar refractivity (Wildman–Crippen MR) is 77.5 cm³/mol. The summed E-state index contributed by atoms with van der Waals surface area (Å²) in [5.74, 6) is -0.687. The van der Waals surface area contributed by atoms with E-state index < -0.39 is 11.4 Å². The second kappa shape index (κ2) is 7.22. The molecule has 0 unspecified atom stereocenters. The van der Waals surface area contributed by atoms with Crippen LogP contribution >= 0.6 is 24.0 Å². The van der Waals surface area contributed by atoms with Crippen molar-refractivity contribution in [3.05, 3.63) is 34.6 Å². The topological polar surface area (TPSA) is 64.4 Å². The van der Waals surface area contributed by atoms with Crippen molar-refractivity contribution in [3.63, 3.8) is 0 Å². The first kappa shape index (κ1) is 17.2. The van der Waals surface area contributed by atoms with Gasteiger partial charge in [0.15, 0.2) is 0 Å². The molecule has 0 atom stereocenters. The number of carbonyl (C=O) groups is 1. The minimum Gasteiger partial charge on any atom is -0.381 e. The summed E-state index contributed by atoms with van der Waals surface area (Å²) in [4.78, 5) is 12.0. The van der Waals surface area contributed by atoms with Crippen molar-refractivity contribution in [1.29, 1.82) is 0 Å². The number of benzene rings is 1. The van der Waals surface area contributed by atoms with E-state index in [4.69, 9.17) is 22.1 Å². The lowest BCUT2D eigenvalue weighted by atomic mass is 9.90. The molecule has 0 bridgehead atoms. The van der Waals surface area contributed by atoms with Crippen molar-refractivity contribution in [2.24, 2.45) is 5.73 Å². The molecule has 1 aliphatic heterocycles. The van der Waals surface area contributed by atoms with E-state index in [1.165, 1.54) is 12.1 Å². The summed E-state index contributed by atoms with van der Waals surface area (Å²) in [5.41, 5.74) is 5.90. The van der Waals surface area contributed by atoms with E-state index in [9.17, 15) is 9.18 Å². The Morgan fingerprint density at radius 3 is 2.70 bits per heavy atom. The van der Waals surface area contributed by atoms with Gasteiger partial charge in [-0.25, -0.2) is 4.39 Å². The molecule has 0 aliphatic carbocycles. The molecule has 20 heavy (non-hydrogen) atoms. The SMILES string of the molecule is Cl.NC1(C(=O)NCc2ccc(F)c(Cl)c2)CCOCC1. The van der Waals surface area contributed by atoms with Crippen molar-refractivity contribution in [3.8, 4) is 0 Å². The smallest absolute Gasteiger partial charge is 0.240 e. The summed E-state index contributed by atoms with van der Waals surface area (Å²) >= 11 is 5.68. The third kappa shape index (κ3) is 4.06. The molecule has 1 aromatic rings. The Morgan fingerprint density at radius 2 is 2.10 bits per heavy atom. The van der Waals surface area contributed by atoms with Crippen LogP contribution in [0.5, 0.6) is 0 Å². The Balaban J connectivity index is 0.00000200. The number of carbonyl (C=O) groups excluding carboxylic acids is 1. The molecule has 2 rings (SSSR count). The zero-order valence-corrected chi connectivity index (χ0v) is 12.4. The lowest BCUT2D eigenvalue weighted by Gasteiger charge is -2.31. The van der Waals surface area contributed by atoms with Gasteiger partial charge in [-0.3, -0.25) is 4.79 Å². The van der Waals surface area contributed by atoms with Gasteiger partial charge in [0.1, 0.15) is 5.82 Å². The van der Waals surface area contributed by atoms with E-state index in [1.54, 1.807) is 6.07 Å². The minimum absolute atomic E-state index is 0. The third-order valence-electron chi connectivity index (χ3n) is 3.27. The average Bonchev–Trinajstić information content (AvgIpc) is 2.40. The first-order valence-electron chi connectivity index (χ1n) is 6.10. The normalized spacial score (nSPS) is 17.1. The molecule has 1 aliphatic rings. The average molecular weight is 323 g/mol. The Bertz CT molecular complexity index is 479. The Kier molecular flexibility index (Phi) is 6.20. The maximum Gasteiger partial charge on any atom is 0.240 e. The fourth-order valence-electron chi connectivity index (χ4n) is 1.97. The van der Waals surface area contributed by atoms with Gasteiger partial charge in [-0.1, -0.05) is 17.7 Å². The summed E-state index contributed by atoms with van der Waals surface area (Å²) in [6.07, 6.45) is 1.01. The molecular weight excluding hydrogens is 306 g/mol. The number of ether oxygens (including phenoxy) is 1. The van der Waals surface area contributed by atoms with Crippen molar-refractivity contribution >= 4 is 29.9 Å². The van der Waals surface area contributed by atoms with Crippen LogP contribution in [0.15, 0.2) is 18.2 Å². The molecule has 1 fully saturated rings. The Hall–Kier alpha value is -0.880. The second-order valence-corrected chi connectivity index (χ2v) is 5.11. The van der Waals surface area contributed by atoms with E-state index in [0.29, 0.717) is 26.1 Å². The van der Waals surface area contributed by atoms with Crippen LogP contribution in [0.3, 0.4) is 0 Å². The summed E-state index contributed by atoms with van der Waals surface area (Å²) in [6.45, 7) is 1.26. The molecular formula is C13H17Cl2FN2O2. The predicted octanol–water partition coefficient (Wildman–Crippen LogP) is 2.02. The van der Waals surface area contributed by atoms with E-state index in [-0.39, 0.29) is 29.9 Å². The summed E-state index contributed by atoms with van der Waals surface area (Å²) in [6, 6.07) is 4.34. The van der Waals surface area contributed by atoms with Crippen molar-refractivity contribution in [2.75, 3.05) is 13.2 Å². The molecule has 3 N–H and O–H groups in total. The van der Waals surface area contributed by atoms with Gasteiger partial charge in [0.05, 0.1) is 10.6 Å². The van der Waals surface area contributed by atoms with E-state index in [0.717, 1.165) is 5.56 Å². The van der Waals surface area contributed by atoms with Crippen LogP contribution in [0.4, 0.5) is 4.39 Å². The Morgan fingerprint density at radius 1 is 1.45 bits per heavy atom. The minimum atomic E-state index is -0.873. The van der Waals surface area contributed by atoms with Gasteiger partial charge in [-0.15, -0.1) is 12.4 Å². The second-order valence-electron chi connectivity index (χ2n) is 4.70. The van der Waals surface area contributed by atoms with Gasteiger partial charge in [0.25, 0.3) is 0 Å². The molecule has 112 valence electrons. The fraction of sp³-hybridized carbons (Fsp3) is 0.462. The van der Waals surface area contributed by atoms with E-state index in [1.807, 2.05) is 0 Å². The molecule has 1 aromatic carbocycles. The number of halogens is 3. The van der Waals surface area contributed by atoms with Crippen molar-refractivity contribution in [1.82, 2.24) is 5.32 Å². The first-order valence-corrected chi connectivity index (χ1v) is 6.48. The zero-order chi connectivity index (χ0) is 13.9. The number of nitrogens with one attached hydrogen (secondary N) is 1. The van der Waals surface area contributed by atoms with Crippen LogP contribution in [0.25, 0.3) is 0 Å². The molecule has 1 saturated heterocycles. The quantitative estimate of drug-likeness (QED) is 0.894. The fourth-order valence-corrected chi connectivity index (χ4v) is 2.17. The number of hydrogen-bond donors (Lipinski definition) is 2. The van der Waals surface area contributed by atoms with Crippen molar-refractivity contribution < 1.29 is 13.9 Å². The van der Waals surface area contributed by atoms with Gasteiger partial charge in [0.2, 0.25) is 5.91 Å². The maximum absolute atomic E-state index is 13.0. The summed E-state index contributed by atoms with van der Waals surface area (Å²) in [7, 11) is 0. The number of nitrogens with two attached hydrogens (primary N) is 1. The number of rotatable bonds is 3. The summed E-state index contributed by atoms with van der Waals surface area (Å²) < 4.78 is 18.2. The standard InChI is InChI=1S/C13H16ClFN2O2.ClH/c14-10-7-9(1-2-11(10)15)8-17-12(18)13(16)3-5-19-6-4-13;/h1-2,7H,3-6,8,16H2,(H,17,18);1H. The van der Waals surface area contributed by atoms with Crippen LogP contribution < -0.4 is 11.1 Å². The third-order valence-corrected chi connectivity index (χ3v) is 3.56. The van der Waals surface area contributed by atoms with Gasteiger partial charge < -0.3 is 15.8 Å². The summed E-state index contributed by atoms with van der Waals surface area (Å²) in [5, 5.41) is 2.80. The van der Waals surface area contributed by atoms with Crippen LogP contribution in [-0.4, -0.2) is 24.7 Å². The van der Waals surface area contributed by atoms with E-state index >= 15 is 0 Å². The molecule has 0 spiro atoms. The molecule has 0 radical (unpaired) electrons. The van der Waals surface area contributed by atoms with Crippen molar-refractivity contribution in [2.45, 2.75) is 24.9 Å². The first-order chi connectivity index (χ1) is 9.01. The number of hydrogen-bond acceptors (Lipinski definition) is 3. The molecule has 7 heteroatoms. The largest absolute Gasteiger partial charge is 0.381 e. The Labute approximate surface area is 128 Å². The van der Waals surface area contributed by atoms with Crippen LogP contribution in [-0.2, 0) is 16.1 Å². The van der Waals surface area contributed by atoms with E-state index in [2.05, 4.69) is 5.32 Å².